The molecule has 1 fully saturated rings. The number of allylic oxidation sites excluding steroid dienone is 2. The van der Waals surface area contributed by atoms with E-state index in [9.17, 15) is 4.79 Å². The van der Waals surface area contributed by atoms with Crippen molar-refractivity contribution in [3.8, 4) is 0 Å². The predicted molar refractivity (Wildman–Crippen MR) is 114 cm³/mol. The Morgan fingerprint density at radius 2 is 2.10 bits per heavy atom. The number of carbonyl (C=O) groups is 1. The number of amides is 1. The molecule has 0 bridgehead atoms. The minimum atomic E-state index is -0.475. The molecule has 0 saturated carbocycles. The predicted octanol–water partition coefficient (Wildman–Crippen LogP) is 2.56. The zero-order valence-corrected chi connectivity index (χ0v) is 17.0. The van der Waals surface area contributed by atoms with Crippen LogP contribution in [-0.4, -0.2) is 61.5 Å². The molecule has 1 saturated heterocycles. The van der Waals surface area contributed by atoms with Gasteiger partial charge in [0.1, 0.15) is 6.04 Å². The van der Waals surface area contributed by atoms with Gasteiger partial charge in [0.25, 0.3) is 0 Å². The number of nitrogens with zero attached hydrogens (tertiary/aromatic N) is 3. The average Bonchev–Trinajstić information content (AvgIpc) is 3.03. The summed E-state index contributed by atoms with van der Waals surface area (Å²) in [6.45, 7) is 8.54. The van der Waals surface area contributed by atoms with Gasteiger partial charge in [0.05, 0.1) is 31.3 Å². The molecular weight excluding hydrogens is 368 g/mol. The lowest BCUT2D eigenvalue weighted by molar-refractivity contribution is -0.132. The van der Waals surface area contributed by atoms with E-state index in [1.165, 1.54) is 0 Å². The van der Waals surface area contributed by atoms with Crippen LogP contribution < -0.4 is 5.43 Å². The summed E-state index contributed by atoms with van der Waals surface area (Å²) in [5, 5.41) is 1.80. The molecule has 3 rings (SSSR count). The van der Waals surface area contributed by atoms with Crippen LogP contribution >= 0.6 is 0 Å². The fourth-order valence-electron chi connectivity index (χ4n) is 3.28. The second-order valence-electron chi connectivity index (χ2n) is 6.73. The number of nitrogens with one attached hydrogen (secondary N) is 1. The van der Waals surface area contributed by atoms with Crippen molar-refractivity contribution in [2.45, 2.75) is 19.4 Å². The molecule has 2 heterocycles. The number of hydrogen-bond acceptors (Lipinski definition) is 6. The first-order valence-electron chi connectivity index (χ1n) is 9.77. The van der Waals surface area contributed by atoms with Crippen molar-refractivity contribution in [2.24, 2.45) is 4.99 Å². The molecule has 7 nitrogen and oxygen atoms in total. The highest BCUT2D eigenvalue weighted by Gasteiger charge is 2.32. The number of ether oxygens (including phenoxy) is 2. The average molecular weight is 396 g/mol. The Labute approximate surface area is 172 Å². The van der Waals surface area contributed by atoms with Crippen molar-refractivity contribution in [3.63, 3.8) is 0 Å². The first-order valence-corrected chi connectivity index (χ1v) is 9.77. The van der Waals surface area contributed by atoms with Gasteiger partial charge in [0.15, 0.2) is 0 Å². The number of hydrogen-bond donors (Lipinski definition) is 1. The van der Waals surface area contributed by atoms with Crippen LogP contribution in [0.25, 0.3) is 5.70 Å². The summed E-state index contributed by atoms with van der Waals surface area (Å²) in [6, 6.07) is 9.43. The van der Waals surface area contributed by atoms with Gasteiger partial charge in [-0.1, -0.05) is 36.9 Å². The quantitative estimate of drug-likeness (QED) is 0.591. The highest BCUT2D eigenvalue weighted by molar-refractivity contribution is 5.90. The van der Waals surface area contributed by atoms with Gasteiger partial charge in [0.2, 0.25) is 11.8 Å². The summed E-state index contributed by atoms with van der Waals surface area (Å²) in [5.41, 5.74) is 5.73. The number of aliphatic imine (C=N–C) groups is 1. The monoisotopic (exact) mass is 396 g/mol. The van der Waals surface area contributed by atoms with E-state index in [-0.39, 0.29) is 5.91 Å². The number of rotatable bonds is 6. The molecule has 0 aliphatic carbocycles. The maximum Gasteiger partial charge on any atom is 0.245 e. The molecular formula is C22H28N4O3. The van der Waals surface area contributed by atoms with E-state index >= 15 is 0 Å². The van der Waals surface area contributed by atoms with Crippen LogP contribution in [0.4, 0.5) is 0 Å². The lowest BCUT2D eigenvalue weighted by atomic mass is 10.1. The van der Waals surface area contributed by atoms with Crippen molar-refractivity contribution >= 4 is 17.8 Å². The largest absolute Gasteiger partial charge is 0.481 e. The van der Waals surface area contributed by atoms with Crippen molar-refractivity contribution < 1.29 is 14.3 Å². The normalized spacial score (nSPS) is 20.6. The molecule has 29 heavy (non-hydrogen) atoms. The minimum Gasteiger partial charge on any atom is -0.481 e. The SMILES string of the molecule is C=C(/C=N\C(=C/C)OC)N1NC(C(=O)N2CCCOCC2)C=C1c1ccccc1. The van der Waals surface area contributed by atoms with Crippen LogP contribution in [-0.2, 0) is 14.3 Å². The lowest BCUT2D eigenvalue weighted by Gasteiger charge is -2.26. The van der Waals surface area contributed by atoms with E-state index < -0.39 is 6.04 Å². The summed E-state index contributed by atoms with van der Waals surface area (Å²) < 4.78 is 10.6. The second kappa shape index (κ2) is 10.0. The maximum absolute atomic E-state index is 13.1. The molecule has 1 atom stereocenters. The summed E-state index contributed by atoms with van der Waals surface area (Å²) in [6.07, 6.45) is 6.17. The minimum absolute atomic E-state index is 0.0298. The van der Waals surface area contributed by atoms with E-state index in [0.717, 1.165) is 17.7 Å². The fourth-order valence-corrected chi connectivity index (χ4v) is 3.28. The molecule has 1 aromatic carbocycles. The van der Waals surface area contributed by atoms with Crippen molar-refractivity contribution in [3.05, 3.63) is 66.2 Å². The van der Waals surface area contributed by atoms with E-state index in [1.807, 2.05) is 48.2 Å². The number of carbonyl (C=O) groups excluding carboxylic acids is 1. The van der Waals surface area contributed by atoms with Crippen LogP contribution in [0.2, 0.25) is 0 Å². The zero-order chi connectivity index (χ0) is 20.6. The zero-order valence-electron chi connectivity index (χ0n) is 17.0. The standard InChI is InChI=1S/C22H28N4O3/c1-4-21(28-3)23-16-17(2)26-20(18-9-6-5-7-10-18)15-19(24-26)22(27)25-11-8-13-29-14-12-25/h4-7,9-10,15-16,19,24H,2,8,11-14H2,1,3H3/b21-4+,23-16-. The molecule has 1 amide bonds. The van der Waals surface area contributed by atoms with Crippen LogP contribution in [0, 0.1) is 0 Å². The van der Waals surface area contributed by atoms with E-state index in [1.54, 1.807) is 24.4 Å². The van der Waals surface area contributed by atoms with Crippen molar-refractivity contribution in [1.82, 2.24) is 15.3 Å². The van der Waals surface area contributed by atoms with Gasteiger partial charge in [0, 0.05) is 19.7 Å². The number of methoxy groups -OCH3 is 1. The van der Waals surface area contributed by atoms with Gasteiger partial charge in [-0.05, 0) is 31.1 Å². The van der Waals surface area contributed by atoms with Crippen LogP contribution in [0.1, 0.15) is 18.9 Å². The summed E-state index contributed by atoms with van der Waals surface area (Å²) in [4.78, 5) is 19.3. The van der Waals surface area contributed by atoms with Gasteiger partial charge in [-0.25, -0.2) is 10.4 Å². The Kier molecular flexibility index (Phi) is 7.21. The van der Waals surface area contributed by atoms with Gasteiger partial charge in [-0.2, -0.15) is 0 Å². The maximum atomic E-state index is 13.1. The third kappa shape index (κ3) is 5.13. The Morgan fingerprint density at radius 1 is 1.31 bits per heavy atom. The number of benzene rings is 1. The lowest BCUT2D eigenvalue weighted by Crippen LogP contribution is -2.48. The summed E-state index contributed by atoms with van der Waals surface area (Å²) in [5.74, 6) is 0.523. The van der Waals surface area contributed by atoms with Crippen LogP contribution in [0.3, 0.4) is 0 Å². The molecule has 2 aliphatic rings. The topological polar surface area (TPSA) is 66.4 Å². The summed E-state index contributed by atoms with van der Waals surface area (Å²) in [7, 11) is 1.57. The number of hydrazine groups is 1. The molecule has 0 spiro atoms. The van der Waals surface area contributed by atoms with Gasteiger partial charge in [-0.15, -0.1) is 0 Å². The van der Waals surface area contributed by atoms with E-state index in [2.05, 4.69) is 17.0 Å². The van der Waals surface area contributed by atoms with Gasteiger partial charge < -0.3 is 14.4 Å². The Morgan fingerprint density at radius 3 is 2.83 bits per heavy atom. The van der Waals surface area contributed by atoms with Crippen LogP contribution in [0.15, 0.2) is 65.6 Å². The Hall–Kier alpha value is -2.90. The molecule has 0 radical (unpaired) electrons. The molecule has 2 aliphatic heterocycles. The van der Waals surface area contributed by atoms with Crippen LogP contribution in [0.5, 0.6) is 0 Å². The van der Waals surface area contributed by atoms with Crippen molar-refractivity contribution in [2.75, 3.05) is 33.4 Å². The highest BCUT2D eigenvalue weighted by atomic mass is 16.5. The Bertz CT molecular complexity index is 809. The Balaban J connectivity index is 1.83. The van der Waals surface area contributed by atoms with E-state index in [4.69, 9.17) is 9.47 Å². The first-order chi connectivity index (χ1) is 14.1. The van der Waals surface area contributed by atoms with E-state index in [0.29, 0.717) is 37.9 Å². The second-order valence-corrected chi connectivity index (χ2v) is 6.73. The third-order valence-electron chi connectivity index (χ3n) is 4.79. The molecule has 0 aromatic heterocycles. The van der Waals surface area contributed by atoms with Crippen molar-refractivity contribution in [1.29, 1.82) is 0 Å². The summed E-state index contributed by atoms with van der Waals surface area (Å²) >= 11 is 0. The molecule has 7 heteroatoms. The fraction of sp³-hybridized carbons (Fsp3) is 0.364. The molecule has 1 aromatic rings. The van der Waals surface area contributed by atoms with Gasteiger partial charge in [-0.3, -0.25) is 9.80 Å². The molecule has 1 N–H and O–H groups in total. The smallest absolute Gasteiger partial charge is 0.245 e. The molecule has 154 valence electrons. The third-order valence-corrected chi connectivity index (χ3v) is 4.79. The van der Waals surface area contributed by atoms with Gasteiger partial charge >= 0.3 is 0 Å². The first kappa shape index (κ1) is 20.8. The molecule has 1 unspecified atom stereocenters. The highest BCUT2D eigenvalue weighted by Crippen LogP contribution is 2.27.